The Kier molecular flexibility index (Phi) is 4.56. The predicted molar refractivity (Wildman–Crippen MR) is 63.8 cm³/mol. The van der Waals surface area contributed by atoms with Gasteiger partial charge in [0.2, 0.25) is 0 Å². The zero-order valence-electron chi connectivity index (χ0n) is 10.1. The Hall–Kier alpha value is -0.880. The van der Waals surface area contributed by atoms with Crippen molar-refractivity contribution in [3.05, 3.63) is 24.2 Å². The normalized spacial score (nSPS) is 23.8. The van der Waals surface area contributed by atoms with Crippen LogP contribution < -0.4 is 5.32 Å². The first-order valence-corrected chi connectivity index (χ1v) is 5.98. The van der Waals surface area contributed by atoms with Crippen LogP contribution in [0.2, 0.25) is 0 Å². The maximum absolute atomic E-state index is 9.78. The lowest BCUT2D eigenvalue weighted by molar-refractivity contribution is -0.0193. The quantitative estimate of drug-likeness (QED) is 0.772. The Morgan fingerprint density at radius 1 is 1.65 bits per heavy atom. The van der Waals surface area contributed by atoms with Gasteiger partial charge in [0.1, 0.15) is 11.9 Å². The molecular formula is C12H20N2O3. The minimum atomic E-state index is -0.591. The zero-order valence-corrected chi connectivity index (χ0v) is 10.1. The standard InChI is InChI=1S/C12H20N2O3/c1-14-4-6-16-10(9-14)7-13-8-11(15)12-3-2-5-17-12/h2-3,5,10-11,13,15H,4,6-9H2,1H3. The first-order chi connectivity index (χ1) is 8.25. The molecule has 0 radical (unpaired) electrons. The van der Waals surface area contributed by atoms with Gasteiger partial charge >= 0.3 is 0 Å². The number of rotatable bonds is 5. The highest BCUT2D eigenvalue weighted by molar-refractivity contribution is 5.02. The van der Waals surface area contributed by atoms with Gasteiger partial charge in [-0.1, -0.05) is 0 Å². The molecule has 0 amide bonds. The fourth-order valence-electron chi connectivity index (χ4n) is 1.95. The first kappa shape index (κ1) is 12.6. The Balaban J connectivity index is 1.65. The topological polar surface area (TPSA) is 57.9 Å². The summed E-state index contributed by atoms with van der Waals surface area (Å²) in [6, 6.07) is 3.55. The summed E-state index contributed by atoms with van der Waals surface area (Å²) in [5.74, 6) is 0.596. The SMILES string of the molecule is CN1CCOC(CNCC(O)c2ccco2)C1. The minimum absolute atomic E-state index is 0.206. The fourth-order valence-corrected chi connectivity index (χ4v) is 1.95. The van der Waals surface area contributed by atoms with Gasteiger partial charge in [-0.15, -0.1) is 0 Å². The lowest BCUT2D eigenvalue weighted by Gasteiger charge is -2.30. The van der Waals surface area contributed by atoms with Crippen LogP contribution in [0.4, 0.5) is 0 Å². The summed E-state index contributed by atoms with van der Waals surface area (Å²) in [4.78, 5) is 2.25. The van der Waals surface area contributed by atoms with E-state index in [0.717, 1.165) is 26.2 Å². The van der Waals surface area contributed by atoms with Crippen LogP contribution in [-0.4, -0.2) is 55.9 Å². The number of likely N-dealkylation sites (N-methyl/N-ethyl adjacent to an activating group) is 1. The van der Waals surface area contributed by atoms with Gasteiger partial charge in [0, 0.05) is 26.2 Å². The highest BCUT2D eigenvalue weighted by atomic mass is 16.5. The predicted octanol–water partition coefficient (Wildman–Crippen LogP) is 0.233. The molecule has 1 aliphatic heterocycles. The van der Waals surface area contributed by atoms with Crippen molar-refractivity contribution in [2.24, 2.45) is 0 Å². The van der Waals surface area contributed by atoms with Crippen LogP contribution >= 0.6 is 0 Å². The summed E-state index contributed by atoms with van der Waals surface area (Å²) < 4.78 is 10.7. The summed E-state index contributed by atoms with van der Waals surface area (Å²) in [5.41, 5.74) is 0. The number of hydrogen-bond donors (Lipinski definition) is 2. The molecule has 1 aliphatic rings. The van der Waals surface area contributed by atoms with Crippen molar-refractivity contribution in [2.75, 3.05) is 39.8 Å². The molecule has 2 N–H and O–H groups in total. The van der Waals surface area contributed by atoms with Gasteiger partial charge in [0.15, 0.2) is 0 Å². The second-order valence-corrected chi connectivity index (χ2v) is 4.44. The van der Waals surface area contributed by atoms with E-state index in [1.54, 1.807) is 18.4 Å². The Morgan fingerprint density at radius 2 is 2.53 bits per heavy atom. The van der Waals surface area contributed by atoms with Crippen molar-refractivity contribution in [3.63, 3.8) is 0 Å². The van der Waals surface area contributed by atoms with Gasteiger partial charge in [-0.05, 0) is 19.2 Å². The third kappa shape index (κ3) is 3.81. The Morgan fingerprint density at radius 3 is 3.24 bits per heavy atom. The molecule has 96 valence electrons. The summed E-state index contributed by atoms with van der Waals surface area (Å²) in [6.07, 6.45) is 1.18. The number of furan rings is 1. The number of aliphatic hydroxyl groups is 1. The number of morpholine rings is 1. The van der Waals surface area contributed by atoms with Gasteiger partial charge in [-0.3, -0.25) is 0 Å². The van der Waals surface area contributed by atoms with Crippen molar-refractivity contribution in [1.29, 1.82) is 0 Å². The molecule has 0 aliphatic carbocycles. The number of hydrogen-bond acceptors (Lipinski definition) is 5. The number of nitrogens with zero attached hydrogens (tertiary/aromatic N) is 1. The van der Waals surface area contributed by atoms with E-state index in [0.29, 0.717) is 12.3 Å². The van der Waals surface area contributed by atoms with Crippen molar-refractivity contribution in [1.82, 2.24) is 10.2 Å². The number of ether oxygens (including phenoxy) is 1. The lowest BCUT2D eigenvalue weighted by atomic mass is 10.2. The maximum Gasteiger partial charge on any atom is 0.133 e. The van der Waals surface area contributed by atoms with Crippen LogP contribution in [-0.2, 0) is 4.74 Å². The smallest absolute Gasteiger partial charge is 0.133 e. The molecule has 5 nitrogen and oxygen atoms in total. The molecule has 2 atom stereocenters. The largest absolute Gasteiger partial charge is 0.467 e. The zero-order chi connectivity index (χ0) is 12.1. The average molecular weight is 240 g/mol. The van der Waals surface area contributed by atoms with Crippen LogP contribution in [0.15, 0.2) is 22.8 Å². The summed E-state index contributed by atoms with van der Waals surface area (Å²) in [6.45, 7) is 3.94. The maximum atomic E-state index is 9.78. The van der Waals surface area contributed by atoms with E-state index in [2.05, 4.69) is 17.3 Å². The van der Waals surface area contributed by atoms with Gasteiger partial charge in [0.05, 0.1) is 19.0 Å². The van der Waals surface area contributed by atoms with Crippen LogP contribution in [0.5, 0.6) is 0 Å². The van der Waals surface area contributed by atoms with E-state index in [9.17, 15) is 5.11 Å². The second kappa shape index (κ2) is 6.16. The second-order valence-electron chi connectivity index (χ2n) is 4.44. The van der Waals surface area contributed by atoms with Crippen LogP contribution in [0.25, 0.3) is 0 Å². The van der Waals surface area contributed by atoms with E-state index >= 15 is 0 Å². The summed E-state index contributed by atoms with van der Waals surface area (Å²) in [5, 5.41) is 13.0. The highest BCUT2D eigenvalue weighted by Gasteiger charge is 2.18. The fraction of sp³-hybridized carbons (Fsp3) is 0.667. The van der Waals surface area contributed by atoms with E-state index < -0.39 is 6.10 Å². The molecule has 5 heteroatoms. The minimum Gasteiger partial charge on any atom is -0.467 e. The third-order valence-corrected chi connectivity index (χ3v) is 2.92. The van der Waals surface area contributed by atoms with E-state index in [4.69, 9.17) is 9.15 Å². The van der Waals surface area contributed by atoms with Crippen molar-refractivity contribution in [3.8, 4) is 0 Å². The monoisotopic (exact) mass is 240 g/mol. The van der Waals surface area contributed by atoms with Crippen LogP contribution in [0, 0.1) is 0 Å². The molecular weight excluding hydrogens is 220 g/mol. The molecule has 1 fully saturated rings. The van der Waals surface area contributed by atoms with Gasteiger partial charge in [-0.25, -0.2) is 0 Å². The molecule has 17 heavy (non-hydrogen) atoms. The molecule has 1 aromatic rings. The van der Waals surface area contributed by atoms with E-state index in [-0.39, 0.29) is 6.10 Å². The van der Waals surface area contributed by atoms with Gasteiger partial charge in [-0.2, -0.15) is 0 Å². The first-order valence-electron chi connectivity index (χ1n) is 5.98. The van der Waals surface area contributed by atoms with Crippen molar-refractivity contribution >= 4 is 0 Å². The van der Waals surface area contributed by atoms with Crippen LogP contribution in [0.1, 0.15) is 11.9 Å². The molecule has 2 unspecified atom stereocenters. The summed E-state index contributed by atoms with van der Waals surface area (Å²) in [7, 11) is 2.09. The van der Waals surface area contributed by atoms with E-state index in [1.165, 1.54) is 0 Å². The van der Waals surface area contributed by atoms with Crippen LogP contribution in [0.3, 0.4) is 0 Å². The van der Waals surface area contributed by atoms with Crippen molar-refractivity contribution in [2.45, 2.75) is 12.2 Å². The molecule has 0 spiro atoms. The molecule has 1 saturated heterocycles. The molecule has 2 heterocycles. The molecule has 0 aromatic carbocycles. The molecule has 1 aromatic heterocycles. The van der Waals surface area contributed by atoms with Crippen molar-refractivity contribution < 1.29 is 14.3 Å². The lowest BCUT2D eigenvalue weighted by Crippen LogP contribution is -2.45. The summed E-state index contributed by atoms with van der Waals surface area (Å²) >= 11 is 0. The third-order valence-electron chi connectivity index (χ3n) is 2.92. The van der Waals surface area contributed by atoms with Gasteiger partial charge < -0.3 is 24.5 Å². The highest BCUT2D eigenvalue weighted by Crippen LogP contribution is 2.11. The van der Waals surface area contributed by atoms with E-state index in [1.807, 2.05) is 0 Å². The number of nitrogens with one attached hydrogen (secondary N) is 1. The Bertz CT molecular complexity index is 316. The van der Waals surface area contributed by atoms with Gasteiger partial charge in [0.25, 0.3) is 0 Å². The molecule has 0 saturated carbocycles. The molecule has 2 rings (SSSR count). The molecule has 0 bridgehead atoms. The number of aliphatic hydroxyl groups excluding tert-OH is 1. The Labute approximate surface area is 101 Å². The average Bonchev–Trinajstić information content (AvgIpc) is 2.82.